The summed E-state index contributed by atoms with van der Waals surface area (Å²) in [7, 11) is 0. The second-order valence-electron chi connectivity index (χ2n) is 4.55. The largest absolute Gasteiger partial charge is 0.423 e. The molecule has 0 saturated heterocycles. The number of cyclic esters (lactones) is 1. The van der Waals surface area contributed by atoms with Gasteiger partial charge in [0.05, 0.1) is 0 Å². The molecular weight excluding hydrogens is 274 g/mol. The lowest BCUT2D eigenvalue weighted by Gasteiger charge is -2.05. The van der Waals surface area contributed by atoms with Crippen LogP contribution >= 0.6 is 0 Å². The van der Waals surface area contributed by atoms with Crippen molar-refractivity contribution in [2.24, 2.45) is 0 Å². The highest BCUT2D eigenvalue weighted by Gasteiger charge is 2.21. The SMILES string of the molecule is O=C1C=C(c2ccc(F)cc2)C(=Cc2cccc(F)c2)O1. The van der Waals surface area contributed by atoms with E-state index in [1.54, 1.807) is 30.3 Å². The van der Waals surface area contributed by atoms with E-state index in [1.807, 2.05) is 0 Å². The molecule has 1 heterocycles. The van der Waals surface area contributed by atoms with Crippen molar-refractivity contribution < 1.29 is 18.3 Å². The Morgan fingerprint density at radius 3 is 2.43 bits per heavy atom. The normalized spacial score (nSPS) is 16.0. The average Bonchev–Trinajstić information content (AvgIpc) is 2.80. The standard InChI is InChI=1S/C17H10F2O2/c18-13-6-4-12(5-7-13)15-10-17(20)21-16(15)9-11-2-1-3-14(19)8-11/h1-10H. The highest BCUT2D eigenvalue weighted by atomic mass is 19.1. The summed E-state index contributed by atoms with van der Waals surface area (Å²) >= 11 is 0. The predicted octanol–water partition coefficient (Wildman–Crippen LogP) is 3.95. The molecule has 4 heteroatoms. The Hall–Kier alpha value is -2.75. The molecule has 0 amide bonds. The zero-order valence-corrected chi connectivity index (χ0v) is 10.8. The Labute approximate surface area is 120 Å². The van der Waals surface area contributed by atoms with Gasteiger partial charge in [0.15, 0.2) is 0 Å². The van der Waals surface area contributed by atoms with Crippen LogP contribution in [0.15, 0.2) is 60.4 Å². The van der Waals surface area contributed by atoms with Crippen LogP contribution in [0.5, 0.6) is 0 Å². The number of carbonyl (C=O) groups is 1. The van der Waals surface area contributed by atoms with Crippen molar-refractivity contribution in [3.63, 3.8) is 0 Å². The molecule has 0 atom stereocenters. The number of carbonyl (C=O) groups excluding carboxylic acids is 1. The van der Waals surface area contributed by atoms with Crippen LogP contribution in [-0.4, -0.2) is 5.97 Å². The Kier molecular flexibility index (Phi) is 3.36. The van der Waals surface area contributed by atoms with Crippen molar-refractivity contribution in [1.29, 1.82) is 0 Å². The molecule has 0 N–H and O–H groups in total. The molecule has 3 rings (SSSR count). The number of allylic oxidation sites excluding steroid dienone is 1. The first-order valence-corrected chi connectivity index (χ1v) is 6.29. The van der Waals surface area contributed by atoms with Crippen molar-refractivity contribution in [2.45, 2.75) is 0 Å². The third-order valence-corrected chi connectivity index (χ3v) is 3.04. The monoisotopic (exact) mass is 284 g/mol. The van der Waals surface area contributed by atoms with Gasteiger partial charge in [-0.1, -0.05) is 24.3 Å². The summed E-state index contributed by atoms with van der Waals surface area (Å²) in [5.74, 6) is -0.921. The Morgan fingerprint density at radius 1 is 0.952 bits per heavy atom. The number of ether oxygens (including phenoxy) is 1. The van der Waals surface area contributed by atoms with Crippen LogP contribution in [0.1, 0.15) is 11.1 Å². The molecule has 0 aromatic heterocycles. The quantitative estimate of drug-likeness (QED) is 0.781. The van der Waals surface area contributed by atoms with E-state index in [0.29, 0.717) is 22.5 Å². The molecular formula is C17H10F2O2. The summed E-state index contributed by atoms with van der Waals surface area (Å²) in [5, 5.41) is 0. The van der Waals surface area contributed by atoms with E-state index in [-0.39, 0.29) is 11.6 Å². The van der Waals surface area contributed by atoms with Crippen molar-refractivity contribution in [3.8, 4) is 0 Å². The molecule has 0 unspecified atom stereocenters. The maximum Gasteiger partial charge on any atom is 0.336 e. The molecule has 0 radical (unpaired) electrons. The van der Waals surface area contributed by atoms with Gasteiger partial charge in [0, 0.05) is 11.6 Å². The van der Waals surface area contributed by atoms with Gasteiger partial charge in [0.2, 0.25) is 0 Å². The fourth-order valence-electron chi connectivity index (χ4n) is 2.09. The molecule has 2 aromatic carbocycles. The third kappa shape index (κ3) is 2.89. The van der Waals surface area contributed by atoms with Gasteiger partial charge in [-0.15, -0.1) is 0 Å². The zero-order valence-electron chi connectivity index (χ0n) is 10.8. The molecule has 1 aliphatic rings. The number of hydrogen-bond donors (Lipinski definition) is 0. The molecule has 2 nitrogen and oxygen atoms in total. The van der Waals surface area contributed by atoms with Crippen LogP contribution in [0, 0.1) is 11.6 Å². The highest BCUT2D eigenvalue weighted by Crippen LogP contribution is 2.31. The summed E-state index contributed by atoms with van der Waals surface area (Å²) in [5.41, 5.74) is 1.78. The number of benzene rings is 2. The van der Waals surface area contributed by atoms with Gasteiger partial charge < -0.3 is 4.74 Å². The van der Waals surface area contributed by atoms with Gasteiger partial charge in [-0.25, -0.2) is 13.6 Å². The minimum absolute atomic E-state index is 0.317. The van der Waals surface area contributed by atoms with E-state index in [9.17, 15) is 13.6 Å². The Bertz CT molecular complexity index is 759. The summed E-state index contributed by atoms with van der Waals surface area (Å²) in [6, 6.07) is 11.7. The Morgan fingerprint density at radius 2 is 1.71 bits per heavy atom. The number of esters is 1. The molecule has 21 heavy (non-hydrogen) atoms. The van der Waals surface area contributed by atoms with E-state index < -0.39 is 5.97 Å². The van der Waals surface area contributed by atoms with Crippen LogP contribution in [-0.2, 0) is 9.53 Å². The number of halogens is 2. The van der Waals surface area contributed by atoms with Gasteiger partial charge >= 0.3 is 5.97 Å². The third-order valence-electron chi connectivity index (χ3n) is 3.04. The lowest BCUT2D eigenvalue weighted by Crippen LogP contribution is -1.92. The lowest BCUT2D eigenvalue weighted by molar-refractivity contribution is -0.132. The van der Waals surface area contributed by atoms with Crippen LogP contribution in [0.3, 0.4) is 0 Å². The van der Waals surface area contributed by atoms with Gasteiger partial charge in [-0.05, 0) is 41.5 Å². The van der Waals surface area contributed by atoms with Crippen molar-refractivity contribution in [1.82, 2.24) is 0 Å². The van der Waals surface area contributed by atoms with Crippen molar-refractivity contribution in [3.05, 3.63) is 83.1 Å². The lowest BCUT2D eigenvalue weighted by atomic mass is 10.0. The van der Waals surface area contributed by atoms with Crippen LogP contribution in [0.2, 0.25) is 0 Å². The second-order valence-corrected chi connectivity index (χ2v) is 4.55. The first-order chi connectivity index (χ1) is 10.1. The van der Waals surface area contributed by atoms with E-state index >= 15 is 0 Å². The first kappa shape index (κ1) is 13.2. The molecule has 0 saturated carbocycles. The maximum atomic E-state index is 13.2. The fraction of sp³-hybridized carbons (Fsp3) is 0. The molecule has 0 bridgehead atoms. The fourth-order valence-corrected chi connectivity index (χ4v) is 2.09. The van der Waals surface area contributed by atoms with Crippen molar-refractivity contribution in [2.75, 3.05) is 0 Å². The minimum atomic E-state index is -0.503. The van der Waals surface area contributed by atoms with E-state index in [1.165, 1.54) is 30.3 Å². The van der Waals surface area contributed by atoms with Gasteiger partial charge in [-0.3, -0.25) is 0 Å². The summed E-state index contributed by atoms with van der Waals surface area (Å²) in [6.07, 6.45) is 2.90. The van der Waals surface area contributed by atoms with E-state index in [4.69, 9.17) is 4.74 Å². The number of hydrogen-bond acceptors (Lipinski definition) is 2. The molecule has 2 aromatic rings. The van der Waals surface area contributed by atoms with E-state index in [2.05, 4.69) is 0 Å². The van der Waals surface area contributed by atoms with Gasteiger partial charge in [-0.2, -0.15) is 0 Å². The van der Waals surface area contributed by atoms with Crippen molar-refractivity contribution >= 4 is 17.6 Å². The van der Waals surface area contributed by atoms with Gasteiger partial charge in [0.25, 0.3) is 0 Å². The Balaban J connectivity index is 2.00. The number of rotatable bonds is 2. The maximum absolute atomic E-state index is 13.2. The van der Waals surface area contributed by atoms with Crippen LogP contribution < -0.4 is 0 Å². The summed E-state index contributed by atoms with van der Waals surface area (Å²) in [6.45, 7) is 0. The van der Waals surface area contributed by atoms with Crippen LogP contribution in [0.25, 0.3) is 11.6 Å². The van der Waals surface area contributed by atoms with E-state index in [0.717, 1.165) is 0 Å². The average molecular weight is 284 g/mol. The second kappa shape index (κ2) is 5.32. The summed E-state index contributed by atoms with van der Waals surface area (Å²) in [4.78, 5) is 11.5. The minimum Gasteiger partial charge on any atom is -0.423 e. The van der Waals surface area contributed by atoms with Gasteiger partial charge in [0.1, 0.15) is 17.4 Å². The molecule has 1 aliphatic heterocycles. The predicted molar refractivity (Wildman–Crippen MR) is 74.8 cm³/mol. The first-order valence-electron chi connectivity index (χ1n) is 6.29. The molecule has 0 aliphatic carbocycles. The highest BCUT2D eigenvalue weighted by molar-refractivity contribution is 6.03. The summed E-state index contributed by atoms with van der Waals surface area (Å²) < 4.78 is 31.3. The molecule has 0 fully saturated rings. The van der Waals surface area contributed by atoms with Crippen LogP contribution in [0.4, 0.5) is 8.78 Å². The zero-order chi connectivity index (χ0) is 14.8. The molecule has 0 spiro atoms. The smallest absolute Gasteiger partial charge is 0.336 e. The molecule has 104 valence electrons. The topological polar surface area (TPSA) is 26.3 Å².